The maximum Gasteiger partial charge on any atom is -0.00135 e. The van der Waals surface area contributed by atoms with Crippen LogP contribution in [0.4, 0.5) is 0 Å². The lowest BCUT2D eigenvalue weighted by Gasteiger charge is -2.05. The Morgan fingerprint density at radius 1 is 0.600 bits per heavy atom. The highest BCUT2D eigenvalue weighted by molar-refractivity contribution is 5.76. The van der Waals surface area contributed by atoms with Crippen LogP contribution >= 0.6 is 0 Å². The predicted octanol–water partition coefficient (Wildman–Crippen LogP) is 5.45. The van der Waals surface area contributed by atoms with Gasteiger partial charge in [0.25, 0.3) is 0 Å². The third-order valence-electron chi connectivity index (χ3n) is 5.34. The van der Waals surface area contributed by atoms with Crippen LogP contribution in [-0.2, 0) is 6.42 Å². The molecule has 5 rings (SSSR count). The Hall–Kier alpha value is -1.56. The first-order valence-electron chi connectivity index (χ1n) is 8.06. The van der Waals surface area contributed by atoms with E-state index in [1.807, 2.05) is 0 Å². The zero-order chi connectivity index (χ0) is 13.4. The Kier molecular flexibility index (Phi) is 3.10. The summed E-state index contributed by atoms with van der Waals surface area (Å²) in [5.74, 6) is 2.34. The van der Waals surface area contributed by atoms with Crippen LogP contribution in [-0.4, -0.2) is 0 Å². The fourth-order valence-corrected chi connectivity index (χ4v) is 4.25. The molecule has 0 heteroatoms. The Bertz CT molecular complexity index is 549. The molecular weight excluding hydrogens is 240 g/mol. The van der Waals surface area contributed by atoms with E-state index in [9.17, 15) is 0 Å². The van der Waals surface area contributed by atoms with Crippen molar-refractivity contribution in [3.05, 3.63) is 59.7 Å². The van der Waals surface area contributed by atoms with Crippen LogP contribution in [0.5, 0.6) is 0 Å². The third kappa shape index (κ3) is 2.18. The van der Waals surface area contributed by atoms with Crippen molar-refractivity contribution in [2.75, 3.05) is 0 Å². The zero-order valence-corrected chi connectivity index (χ0v) is 12.0. The molecule has 20 heavy (non-hydrogen) atoms. The third-order valence-corrected chi connectivity index (χ3v) is 5.34. The Morgan fingerprint density at radius 3 is 1.45 bits per heavy atom. The van der Waals surface area contributed by atoms with E-state index in [1.54, 1.807) is 32.1 Å². The summed E-state index contributed by atoms with van der Waals surface area (Å²) in [6.07, 6.45) is 8.93. The molecule has 0 radical (unpaired) electrons. The summed E-state index contributed by atoms with van der Waals surface area (Å²) >= 11 is 0. The lowest BCUT2D eigenvalue weighted by Crippen LogP contribution is -1.90. The molecule has 0 heterocycles. The summed E-state index contributed by atoms with van der Waals surface area (Å²) in [5, 5.41) is 0. The summed E-state index contributed by atoms with van der Waals surface area (Å²) in [4.78, 5) is 0. The largest absolute Gasteiger partial charge is 0.0619 e. The van der Waals surface area contributed by atoms with Crippen molar-refractivity contribution in [1.82, 2.24) is 0 Å². The van der Waals surface area contributed by atoms with Gasteiger partial charge in [0.2, 0.25) is 0 Å². The molecule has 0 unspecified atom stereocenters. The van der Waals surface area contributed by atoms with Crippen molar-refractivity contribution in [3.8, 4) is 11.1 Å². The molecule has 3 aliphatic rings. The van der Waals surface area contributed by atoms with E-state index >= 15 is 0 Å². The topological polar surface area (TPSA) is 0 Å². The van der Waals surface area contributed by atoms with E-state index in [-0.39, 0.29) is 0 Å². The molecule has 2 aromatic rings. The SMILES string of the molecule is C1CC2CCC1C2.c1ccc2c(c1)Cc1ccccc1-2. The van der Waals surface area contributed by atoms with E-state index in [0.29, 0.717) is 0 Å². The normalized spacial score (nSPS) is 24.8. The van der Waals surface area contributed by atoms with E-state index in [4.69, 9.17) is 0 Å². The maximum absolute atomic E-state index is 2.22. The minimum atomic E-state index is 1.10. The molecule has 0 aliphatic heterocycles. The van der Waals surface area contributed by atoms with Crippen LogP contribution in [0.2, 0.25) is 0 Å². The van der Waals surface area contributed by atoms with Crippen molar-refractivity contribution in [2.45, 2.75) is 38.5 Å². The molecule has 102 valence electrons. The minimum Gasteiger partial charge on any atom is -0.0619 e. The van der Waals surface area contributed by atoms with Gasteiger partial charge in [-0.15, -0.1) is 0 Å². The monoisotopic (exact) mass is 262 g/mol. The Labute approximate surface area is 121 Å². The summed E-state index contributed by atoms with van der Waals surface area (Å²) in [6, 6.07) is 17.3. The lowest BCUT2D eigenvalue weighted by molar-refractivity contribution is 0.480. The highest BCUT2D eigenvalue weighted by Gasteiger charge is 2.30. The Morgan fingerprint density at radius 2 is 1.05 bits per heavy atom. The van der Waals surface area contributed by atoms with E-state index in [0.717, 1.165) is 6.42 Å². The van der Waals surface area contributed by atoms with E-state index in [2.05, 4.69) is 48.5 Å². The zero-order valence-electron chi connectivity index (χ0n) is 12.0. The average molecular weight is 262 g/mol. The van der Waals surface area contributed by atoms with Gasteiger partial charge in [-0.3, -0.25) is 0 Å². The molecule has 0 N–H and O–H groups in total. The summed E-state index contributed by atoms with van der Waals surface area (Å²) < 4.78 is 0. The van der Waals surface area contributed by atoms with Gasteiger partial charge in [-0.1, -0.05) is 74.2 Å². The van der Waals surface area contributed by atoms with Crippen molar-refractivity contribution >= 4 is 0 Å². The van der Waals surface area contributed by atoms with Crippen LogP contribution < -0.4 is 0 Å². The van der Waals surface area contributed by atoms with Gasteiger partial charge >= 0.3 is 0 Å². The second kappa shape index (κ2) is 5.09. The molecule has 2 bridgehead atoms. The highest BCUT2D eigenvalue weighted by Crippen LogP contribution is 2.43. The fourth-order valence-electron chi connectivity index (χ4n) is 4.25. The van der Waals surface area contributed by atoms with Crippen LogP contribution in [0, 0.1) is 11.8 Å². The van der Waals surface area contributed by atoms with Crippen LogP contribution in [0.3, 0.4) is 0 Å². The van der Waals surface area contributed by atoms with Gasteiger partial charge < -0.3 is 0 Å². The highest BCUT2D eigenvalue weighted by atomic mass is 14.4. The Balaban J connectivity index is 0.000000127. The lowest BCUT2D eigenvalue weighted by atomic mass is 10.0. The van der Waals surface area contributed by atoms with E-state index in [1.165, 1.54) is 34.1 Å². The van der Waals surface area contributed by atoms with Gasteiger partial charge in [0.15, 0.2) is 0 Å². The first-order chi connectivity index (χ1) is 9.90. The number of hydrogen-bond acceptors (Lipinski definition) is 0. The molecule has 0 saturated heterocycles. The van der Waals surface area contributed by atoms with Gasteiger partial charge in [0.05, 0.1) is 0 Å². The quantitative estimate of drug-likeness (QED) is 0.505. The molecule has 0 nitrogen and oxygen atoms in total. The predicted molar refractivity (Wildman–Crippen MR) is 84.7 cm³/mol. The molecule has 2 saturated carbocycles. The molecule has 2 aromatic carbocycles. The molecular formula is C20H22. The summed E-state index contributed by atoms with van der Waals surface area (Å²) in [7, 11) is 0. The molecule has 3 aliphatic carbocycles. The van der Waals surface area contributed by atoms with Crippen molar-refractivity contribution < 1.29 is 0 Å². The summed E-state index contributed by atoms with van der Waals surface area (Å²) in [6.45, 7) is 0. The molecule has 0 atom stereocenters. The number of hydrogen-bond donors (Lipinski definition) is 0. The molecule has 0 amide bonds. The maximum atomic E-state index is 2.22. The van der Waals surface area contributed by atoms with Gasteiger partial charge in [0, 0.05) is 0 Å². The second-order valence-corrected chi connectivity index (χ2v) is 6.61. The first kappa shape index (κ1) is 12.2. The minimum absolute atomic E-state index is 1.10. The van der Waals surface area contributed by atoms with Crippen molar-refractivity contribution in [1.29, 1.82) is 0 Å². The number of rotatable bonds is 0. The van der Waals surface area contributed by atoms with Gasteiger partial charge in [-0.25, -0.2) is 0 Å². The second-order valence-electron chi connectivity index (χ2n) is 6.61. The van der Waals surface area contributed by atoms with Crippen LogP contribution in [0.25, 0.3) is 11.1 Å². The fraction of sp³-hybridized carbons (Fsp3) is 0.400. The van der Waals surface area contributed by atoms with Crippen LogP contribution in [0.15, 0.2) is 48.5 Å². The first-order valence-corrected chi connectivity index (χ1v) is 8.06. The van der Waals surface area contributed by atoms with E-state index < -0.39 is 0 Å². The van der Waals surface area contributed by atoms with Gasteiger partial charge in [-0.2, -0.15) is 0 Å². The van der Waals surface area contributed by atoms with Crippen molar-refractivity contribution in [2.24, 2.45) is 11.8 Å². The molecule has 0 aromatic heterocycles. The standard InChI is InChI=1S/C13H10.C7H12/c1-3-7-12-10(5-1)9-11-6-2-4-8-13(11)12;1-2-7-4-3-6(1)5-7/h1-8H,9H2;6-7H,1-5H2. The average Bonchev–Trinajstić information content (AvgIpc) is 3.23. The number of fused-ring (bicyclic) bond motifs is 5. The number of benzene rings is 2. The molecule has 2 fully saturated rings. The van der Waals surface area contributed by atoms with Crippen molar-refractivity contribution in [3.63, 3.8) is 0 Å². The van der Waals surface area contributed by atoms with Gasteiger partial charge in [-0.05, 0) is 46.9 Å². The smallest absolute Gasteiger partial charge is 0.00135 e. The molecule has 0 spiro atoms. The van der Waals surface area contributed by atoms with Crippen LogP contribution in [0.1, 0.15) is 43.2 Å². The van der Waals surface area contributed by atoms with Gasteiger partial charge in [0.1, 0.15) is 0 Å². The summed E-state index contributed by atoms with van der Waals surface area (Å²) in [5.41, 5.74) is 5.75.